The van der Waals surface area contributed by atoms with Crippen LogP contribution in [0, 0.1) is 0 Å². The summed E-state index contributed by atoms with van der Waals surface area (Å²) in [6, 6.07) is 0. The number of hydrogen-bond acceptors (Lipinski definition) is 2. The SMILES string of the molecule is C=C(C)C(O)C1=CCCCO1. The van der Waals surface area contributed by atoms with Gasteiger partial charge in [-0.05, 0) is 31.4 Å². The fourth-order valence-corrected chi connectivity index (χ4v) is 1.01. The number of allylic oxidation sites excluding steroid dienone is 1. The maximum atomic E-state index is 9.46. The van der Waals surface area contributed by atoms with Crippen molar-refractivity contribution in [1.82, 2.24) is 0 Å². The van der Waals surface area contributed by atoms with Gasteiger partial charge in [0.25, 0.3) is 0 Å². The second kappa shape index (κ2) is 3.58. The van der Waals surface area contributed by atoms with Gasteiger partial charge in [0.05, 0.1) is 6.61 Å². The Labute approximate surface area is 67.2 Å². The molecule has 0 saturated heterocycles. The van der Waals surface area contributed by atoms with Gasteiger partial charge in [-0.3, -0.25) is 0 Å². The van der Waals surface area contributed by atoms with Crippen molar-refractivity contribution in [3.05, 3.63) is 24.0 Å². The molecule has 1 atom stereocenters. The molecule has 0 aromatic heterocycles. The van der Waals surface area contributed by atoms with Gasteiger partial charge in [-0.2, -0.15) is 0 Å². The van der Waals surface area contributed by atoms with E-state index in [9.17, 15) is 5.11 Å². The van der Waals surface area contributed by atoms with E-state index < -0.39 is 6.10 Å². The van der Waals surface area contributed by atoms with Gasteiger partial charge in [0.1, 0.15) is 11.9 Å². The van der Waals surface area contributed by atoms with Gasteiger partial charge in [-0.15, -0.1) is 0 Å². The molecule has 1 aliphatic heterocycles. The minimum Gasteiger partial charge on any atom is -0.495 e. The van der Waals surface area contributed by atoms with Crippen molar-refractivity contribution in [1.29, 1.82) is 0 Å². The molecule has 1 unspecified atom stereocenters. The highest BCUT2D eigenvalue weighted by Gasteiger charge is 2.14. The molecule has 2 nitrogen and oxygen atoms in total. The average Bonchev–Trinajstić information content (AvgIpc) is 2.05. The molecule has 0 bridgehead atoms. The van der Waals surface area contributed by atoms with Crippen molar-refractivity contribution >= 4 is 0 Å². The van der Waals surface area contributed by atoms with E-state index in [1.807, 2.05) is 6.08 Å². The Morgan fingerprint density at radius 1 is 1.82 bits per heavy atom. The Balaban J connectivity index is 2.58. The summed E-state index contributed by atoms with van der Waals surface area (Å²) in [6.07, 6.45) is 3.38. The lowest BCUT2D eigenvalue weighted by atomic mass is 10.1. The molecule has 0 aromatic carbocycles. The Hall–Kier alpha value is -0.760. The zero-order valence-electron chi connectivity index (χ0n) is 6.84. The van der Waals surface area contributed by atoms with Crippen LogP contribution in [0.25, 0.3) is 0 Å². The molecule has 1 rings (SSSR count). The molecule has 0 spiro atoms. The maximum absolute atomic E-state index is 9.46. The Bertz CT molecular complexity index is 182. The molecule has 0 fully saturated rings. The molecule has 1 aliphatic rings. The second-order valence-corrected chi connectivity index (χ2v) is 2.85. The van der Waals surface area contributed by atoms with Gasteiger partial charge in [0.2, 0.25) is 0 Å². The molecule has 0 aromatic rings. The predicted molar refractivity (Wildman–Crippen MR) is 44.1 cm³/mol. The van der Waals surface area contributed by atoms with Crippen LogP contribution in [0.2, 0.25) is 0 Å². The number of ether oxygens (including phenoxy) is 1. The highest BCUT2D eigenvalue weighted by Crippen LogP contribution is 2.17. The van der Waals surface area contributed by atoms with Crippen molar-refractivity contribution in [2.75, 3.05) is 6.61 Å². The first-order valence-corrected chi connectivity index (χ1v) is 3.88. The molecule has 62 valence electrons. The average molecular weight is 154 g/mol. The lowest BCUT2D eigenvalue weighted by Gasteiger charge is -2.19. The van der Waals surface area contributed by atoms with Crippen molar-refractivity contribution in [2.45, 2.75) is 25.9 Å². The summed E-state index contributed by atoms with van der Waals surface area (Å²) in [5.41, 5.74) is 0.734. The van der Waals surface area contributed by atoms with Crippen LogP contribution in [0.3, 0.4) is 0 Å². The van der Waals surface area contributed by atoms with E-state index in [0.29, 0.717) is 5.76 Å². The Kier molecular flexibility index (Phi) is 2.71. The third-order valence-electron chi connectivity index (χ3n) is 1.70. The van der Waals surface area contributed by atoms with E-state index in [1.54, 1.807) is 6.92 Å². The standard InChI is InChI=1S/C9H14O2/c1-7(2)9(10)8-5-3-4-6-11-8/h5,9-10H,1,3-4,6H2,2H3. The van der Waals surface area contributed by atoms with E-state index in [0.717, 1.165) is 25.0 Å². The first-order chi connectivity index (χ1) is 5.22. The van der Waals surface area contributed by atoms with Crippen LogP contribution in [-0.2, 0) is 4.74 Å². The van der Waals surface area contributed by atoms with Gasteiger partial charge in [0, 0.05) is 0 Å². The molecule has 0 amide bonds. The van der Waals surface area contributed by atoms with Gasteiger partial charge in [0.15, 0.2) is 0 Å². The Morgan fingerprint density at radius 2 is 2.55 bits per heavy atom. The summed E-state index contributed by atoms with van der Waals surface area (Å²) < 4.78 is 5.25. The zero-order chi connectivity index (χ0) is 8.27. The van der Waals surface area contributed by atoms with Crippen molar-refractivity contribution in [2.24, 2.45) is 0 Å². The number of rotatable bonds is 2. The molecule has 1 heterocycles. The topological polar surface area (TPSA) is 29.5 Å². The first kappa shape index (κ1) is 8.34. The summed E-state index contributed by atoms with van der Waals surface area (Å²) in [4.78, 5) is 0. The van der Waals surface area contributed by atoms with Gasteiger partial charge >= 0.3 is 0 Å². The zero-order valence-corrected chi connectivity index (χ0v) is 6.84. The molecule has 2 heteroatoms. The summed E-state index contributed by atoms with van der Waals surface area (Å²) in [6.45, 7) is 6.17. The van der Waals surface area contributed by atoms with Gasteiger partial charge in [-0.25, -0.2) is 0 Å². The highest BCUT2D eigenvalue weighted by atomic mass is 16.5. The third kappa shape index (κ3) is 2.09. The van der Waals surface area contributed by atoms with Crippen molar-refractivity contribution in [3.63, 3.8) is 0 Å². The van der Waals surface area contributed by atoms with Crippen LogP contribution >= 0.6 is 0 Å². The molecular weight excluding hydrogens is 140 g/mol. The highest BCUT2D eigenvalue weighted by molar-refractivity contribution is 5.15. The summed E-state index contributed by atoms with van der Waals surface area (Å²) in [5, 5.41) is 9.46. The van der Waals surface area contributed by atoms with E-state index in [4.69, 9.17) is 4.74 Å². The van der Waals surface area contributed by atoms with Gasteiger partial charge < -0.3 is 9.84 Å². The first-order valence-electron chi connectivity index (χ1n) is 3.88. The summed E-state index contributed by atoms with van der Waals surface area (Å²) in [5.74, 6) is 0.670. The van der Waals surface area contributed by atoms with E-state index in [2.05, 4.69) is 6.58 Å². The van der Waals surface area contributed by atoms with Crippen LogP contribution in [0.5, 0.6) is 0 Å². The van der Waals surface area contributed by atoms with Crippen LogP contribution in [-0.4, -0.2) is 17.8 Å². The van der Waals surface area contributed by atoms with Crippen LogP contribution in [0.15, 0.2) is 24.0 Å². The number of hydrogen-bond donors (Lipinski definition) is 1. The third-order valence-corrected chi connectivity index (χ3v) is 1.70. The monoisotopic (exact) mass is 154 g/mol. The van der Waals surface area contributed by atoms with Crippen LogP contribution < -0.4 is 0 Å². The fraction of sp³-hybridized carbons (Fsp3) is 0.556. The lowest BCUT2D eigenvalue weighted by molar-refractivity contribution is 0.110. The smallest absolute Gasteiger partial charge is 0.131 e. The molecule has 1 N–H and O–H groups in total. The summed E-state index contributed by atoms with van der Waals surface area (Å²) >= 11 is 0. The van der Waals surface area contributed by atoms with Crippen molar-refractivity contribution in [3.8, 4) is 0 Å². The second-order valence-electron chi connectivity index (χ2n) is 2.85. The van der Waals surface area contributed by atoms with Gasteiger partial charge in [-0.1, -0.05) is 6.58 Å². The Morgan fingerprint density at radius 3 is 3.00 bits per heavy atom. The molecule has 0 saturated carbocycles. The van der Waals surface area contributed by atoms with E-state index >= 15 is 0 Å². The quantitative estimate of drug-likeness (QED) is 0.612. The summed E-state index contributed by atoms with van der Waals surface area (Å²) in [7, 11) is 0. The molecular formula is C9H14O2. The maximum Gasteiger partial charge on any atom is 0.131 e. The van der Waals surface area contributed by atoms with E-state index in [-0.39, 0.29) is 0 Å². The molecule has 0 aliphatic carbocycles. The van der Waals surface area contributed by atoms with Crippen LogP contribution in [0.1, 0.15) is 19.8 Å². The largest absolute Gasteiger partial charge is 0.495 e. The minimum atomic E-state index is -0.602. The predicted octanol–water partition coefficient (Wildman–Crippen LogP) is 1.62. The lowest BCUT2D eigenvalue weighted by Crippen LogP contribution is -2.16. The normalized spacial score (nSPS) is 20.0. The van der Waals surface area contributed by atoms with Crippen LogP contribution in [0.4, 0.5) is 0 Å². The van der Waals surface area contributed by atoms with E-state index in [1.165, 1.54) is 0 Å². The fourth-order valence-electron chi connectivity index (χ4n) is 1.01. The van der Waals surface area contributed by atoms with Crippen molar-refractivity contribution < 1.29 is 9.84 Å². The minimum absolute atomic E-state index is 0.602. The molecule has 0 radical (unpaired) electrons. The number of aliphatic hydroxyl groups is 1. The molecule has 11 heavy (non-hydrogen) atoms. The number of aliphatic hydroxyl groups excluding tert-OH is 1.